The summed E-state index contributed by atoms with van der Waals surface area (Å²) >= 11 is 0. The number of benzene rings is 2. The number of amides is 3. The molecule has 0 spiro atoms. The average molecular weight is 647 g/mol. The molecule has 4 atom stereocenters. The number of rotatable bonds is 17. The summed E-state index contributed by atoms with van der Waals surface area (Å²) in [5.74, 6) is -0.0988. The van der Waals surface area contributed by atoms with E-state index in [1.807, 2.05) is 90.1 Å². The third-order valence-electron chi connectivity index (χ3n) is 7.79. The number of hydrogen-bond acceptors (Lipinski definition) is 7. The first-order chi connectivity index (χ1) is 22.4. The number of carbonyl (C=O) groups excluding carboxylic acids is 3. The molecule has 2 aromatic carbocycles. The van der Waals surface area contributed by atoms with Crippen molar-refractivity contribution in [1.82, 2.24) is 20.9 Å². The van der Waals surface area contributed by atoms with E-state index in [1.165, 1.54) is 0 Å². The summed E-state index contributed by atoms with van der Waals surface area (Å²) in [5.41, 5.74) is 3.40. The summed E-state index contributed by atoms with van der Waals surface area (Å²) in [7, 11) is 0. The predicted octanol–water partition coefficient (Wildman–Crippen LogP) is 5.04. The van der Waals surface area contributed by atoms with Crippen LogP contribution < -0.4 is 20.7 Å². The van der Waals surface area contributed by atoms with Gasteiger partial charge in [-0.25, -0.2) is 4.79 Å². The Balaban J connectivity index is 1.68. The maximum atomic E-state index is 13.5. The number of carbonyl (C=O) groups is 3. The summed E-state index contributed by atoms with van der Waals surface area (Å²) < 4.78 is 11.2. The Labute approximate surface area is 278 Å². The second-order valence-corrected chi connectivity index (χ2v) is 12.8. The first kappa shape index (κ1) is 37.0. The molecule has 0 aliphatic heterocycles. The summed E-state index contributed by atoms with van der Waals surface area (Å²) in [6.45, 7) is 11.4. The summed E-state index contributed by atoms with van der Waals surface area (Å²) in [4.78, 5) is 43.4. The lowest BCUT2D eigenvalue weighted by Gasteiger charge is -2.31. The molecule has 47 heavy (non-hydrogen) atoms. The fourth-order valence-corrected chi connectivity index (χ4v) is 5.42. The van der Waals surface area contributed by atoms with Gasteiger partial charge < -0.3 is 30.5 Å². The Hall–Kier alpha value is -4.44. The van der Waals surface area contributed by atoms with Gasteiger partial charge in [0.05, 0.1) is 17.8 Å². The fourth-order valence-electron chi connectivity index (χ4n) is 5.42. The van der Waals surface area contributed by atoms with Crippen LogP contribution in [0.25, 0.3) is 0 Å². The van der Waals surface area contributed by atoms with Gasteiger partial charge >= 0.3 is 6.09 Å². The molecule has 0 unspecified atom stereocenters. The van der Waals surface area contributed by atoms with Crippen molar-refractivity contribution in [1.29, 1.82) is 0 Å². The molecular formula is C37H50N4O6. The van der Waals surface area contributed by atoms with E-state index in [4.69, 9.17) is 9.47 Å². The Morgan fingerprint density at radius 3 is 2.13 bits per heavy atom. The molecule has 0 saturated heterocycles. The SMILES string of the molecule is Cc1cccc(C)c1OCC(=O)N[C@@H](Cc1ccccc1)[C@@H](O)C[C@H](CC(C)C)NC(=O)[C@@H](NC(=O)OCc1ccccn1)C(C)C. The normalized spacial score (nSPS) is 13.7. The standard InChI is InChI=1S/C37H50N4O6/c1-24(2)19-30(39-36(44)34(25(3)4)41-37(45)47-22-29-17-10-11-18-38-29)21-32(42)31(20-28-15-8-7-9-16-28)40-33(43)23-46-35-26(5)13-12-14-27(35)6/h7-18,24-25,30-32,34,42H,19-23H2,1-6H3,(H,39,44)(H,40,43)(H,41,45)/t30-,31-,32-,34-/m0/s1. The van der Waals surface area contributed by atoms with Gasteiger partial charge in [0.1, 0.15) is 18.4 Å². The van der Waals surface area contributed by atoms with Gasteiger partial charge in [-0.2, -0.15) is 0 Å². The van der Waals surface area contributed by atoms with Crippen LogP contribution in [0, 0.1) is 25.7 Å². The summed E-state index contributed by atoms with van der Waals surface area (Å²) in [5, 5.41) is 20.3. The highest BCUT2D eigenvalue weighted by Gasteiger charge is 2.30. The minimum absolute atomic E-state index is 0.0224. The largest absolute Gasteiger partial charge is 0.483 e. The molecule has 3 amide bonds. The Morgan fingerprint density at radius 1 is 0.830 bits per heavy atom. The molecule has 1 aromatic heterocycles. The van der Waals surface area contributed by atoms with E-state index in [9.17, 15) is 19.5 Å². The molecule has 10 nitrogen and oxygen atoms in total. The van der Waals surface area contributed by atoms with Crippen LogP contribution in [0.3, 0.4) is 0 Å². The third-order valence-corrected chi connectivity index (χ3v) is 7.79. The van der Waals surface area contributed by atoms with Gasteiger partial charge in [0.25, 0.3) is 5.91 Å². The van der Waals surface area contributed by atoms with Crippen LogP contribution in [0.15, 0.2) is 72.9 Å². The number of ether oxygens (including phenoxy) is 2. The molecule has 0 radical (unpaired) electrons. The molecule has 0 aliphatic carbocycles. The van der Waals surface area contributed by atoms with Crippen LogP contribution in [-0.4, -0.2) is 58.8 Å². The quantitative estimate of drug-likeness (QED) is 0.161. The van der Waals surface area contributed by atoms with E-state index in [-0.39, 0.29) is 43.3 Å². The van der Waals surface area contributed by atoms with Crippen molar-refractivity contribution in [2.75, 3.05) is 6.61 Å². The van der Waals surface area contributed by atoms with Crippen LogP contribution in [0.2, 0.25) is 0 Å². The average Bonchev–Trinajstić information content (AvgIpc) is 3.02. The number of pyridine rings is 1. The number of para-hydroxylation sites is 1. The number of aromatic nitrogens is 1. The van der Waals surface area contributed by atoms with Gasteiger partial charge in [0, 0.05) is 12.2 Å². The zero-order valence-electron chi connectivity index (χ0n) is 28.4. The number of aliphatic hydroxyl groups is 1. The minimum Gasteiger partial charge on any atom is -0.483 e. The number of aliphatic hydroxyl groups excluding tert-OH is 1. The monoisotopic (exact) mass is 646 g/mol. The summed E-state index contributed by atoms with van der Waals surface area (Å²) in [6.07, 6.45) is 1.06. The molecule has 254 valence electrons. The van der Waals surface area contributed by atoms with Crippen molar-refractivity contribution in [2.45, 2.75) is 91.6 Å². The van der Waals surface area contributed by atoms with E-state index in [0.717, 1.165) is 16.7 Å². The molecule has 1 heterocycles. The number of alkyl carbamates (subject to hydrolysis) is 1. The smallest absolute Gasteiger partial charge is 0.408 e. The zero-order valence-corrected chi connectivity index (χ0v) is 28.4. The molecule has 10 heteroatoms. The molecule has 0 bridgehead atoms. The number of nitrogens with zero attached hydrogens (tertiary/aromatic N) is 1. The molecule has 3 rings (SSSR count). The van der Waals surface area contributed by atoms with Crippen molar-refractivity contribution in [3.05, 3.63) is 95.3 Å². The highest BCUT2D eigenvalue weighted by molar-refractivity contribution is 5.86. The van der Waals surface area contributed by atoms with Crippen LogP contribution >= 0.6 is 0 Å². The first-order valence-corrected chi connectivity index (χ1v) is 16.3. The summed E-state index contributed by atoms with van der Waals surface area (Å²) in [6, 6.07) is 18.8. The Morgan fingerprint density at radius 2 is 1.51 bits per heavy atom. The molecule has 0 aliphatic rings. The number of aryl methyl sites for hydroxylation is 2. The van der Waals surface area contributed by atoms with Crippen molar-refractivity contribution < 1.29 is 29.0 Å². The molecule has 3 aromatic rings. The lowest BCUT2D eigenvalue weighted by Crippen LogP contribution is -2.54. The van der Waals surface area contributed by atoms with Crippen molar-refractivity contribution in [3.8, 4) is 5.75 Å². The van der Waals surface area contributed by atoms with Gasteiger partial charge in [-0.1, -0.05) is 82.3 Å². The lowest BCUT2D eigenvalue weighted by atomic mass is 9.92. The lowest BCUT2D eigenvalue weighted by molar-refractivity contribution is -0.126. The maximum Gasteiger partial charge on any atom is 0.408 e. The molecule has 0 fully saturated rings. The van der Waals surface area contributed by atoms with Crippen molar-refractivity contribution in [2.24, 2.45) is 11.8 Å². The van der Waals surface area contributed by atoms with Crippen LogP contribution in [0.1, 0.15) is 62.9 Å². The molecule has 0 saturated carbocycles. The van der Waals surface area contributed by atoms with E-state index in [1.54, 1.807) is 24.4 Å². The van der Waals surface area contributed by atoms with Gasteiger partial charge in [0.15, 0.2) is 6.61 Å². The number of nitrogens with one attached hydrogen (secondary N) is 3. The zero-order chi connectivity index (χ0) is 34.3. The van der Waals surface area contributed by atoms with Crippen molar-refractivity contribution in [3.63, 3.8) is 0 Å². The van der Waals surface area contributed by atoms with Crippen LogP contribution in [-0.2, 0) is 27.4 Å². The fraction of sp³-hybridized carbons (Fsp3) is 0.459. The van der Waals surface area contributed by atoms with Gasteiger partial charge in [-0.05, 0) is 73.8 Å². The van der Waals surface area contributed by atoms with Crippen LogP contribution in [0.4, 0.5) is 4.79 Å². The highest BCUT2D eigenvalue weighted by Crippen LogP contribution is 2.22. The van der Waals surface area contributed by atoms with E-state index in [0.29, 0.717) is 24.3 Å². The Bertz CT molecular complexity index is 1400. The highest BCUT2D eigenvalue weighted by atomic mass is 16.5. The topological polar surface area (TPSA) is 139 Å². The molecule has 4 N–H and O–H groups in total. The van der Waals surface area contributed by atoms with E-state index in [2.05, 4.69) is 20.9 Å². The molecular weight excluding hydrogens is 596 g/mol. The van der Waals surface area contributed by atoms with E-state index < -0.39 is 30.3 Å². The van der Waals surface area contributed by atoms with E-state index >= 15 is 0 Å². The van der Waals surface area contributed by atoms with Gasteiger partial charge in [0.2, 0.25) is 5.91 Å². The number of hydrogen-bond donors (Lipinski definition) is 4. The third kappa shape index (κ3) is 12.7. The minimum atomic E-state index is -0.989. The first-order valence-electron chi connectivity index (χ1n) is 16.3. The maximum absolute atomic E-state index is 13.5. The Kier molecular flexibility index (Phi) is 14.7. The second kappa shape index (κ2) is 18.6. The van der Waals surface area contributed by atoms with Crippen LogP contribution in [0.5, 0.6) is 5.75 Å². The van der Waals surface area contributed by atoms with Gasteiger partial charge in [-0.3, -0.25) is 14.6 Å². The second-order valence-electron chi connectivity index (χ2n) is 12.8. The predicted molar refractivity (Wildman–Crippen MR) is 182 cm³/mol. The van der Waals surface area contributed by atoms with Gasteiger partial charge in [-0.15, -0.1) is 0 Å². The van der Waals surface area contributed by atoms with Crippen molar-refractivity contribution >= 4 is 17.9 Å².